The number of nitrogens with zero attached hydrogens (tertiary/aromatic N) is 3. The molecule has 1 fully saturated rings. The number of anilines is 1. The second-order valence-corrected chi connectivity index (χ2v) is 6.35. The first-order valence-corrected chi connectivity index (χ1v) is 8.85. The van der Waals surface area contributed by atoms with E-state index in [4.69, 9.17) is 4.74 Å². The van der Waals surface area contributed by atoms with Crippen molar-refractivity contribution in [3.05, 3.63) is 60.3 Å². The van der Waals surface area contributed by atoms with Crippen LogP contribution < -0.4 is 10.2 Å². The minimum Gasteiger partial charge on any atom is -0.445 e. The number of benzene rings is 1. The van der Waals surface area contributed by atoms with Gasteiger partial charge in [-0.05, 0) is 17.7 Å². The second kappa shape index (κ2) is 8.80. The lowest BCUT2D eigenvalue weighted by Gasteiger charge is -2.41. The van der Waals surface area contributed by atoms with E-state index in [9.17, 15) is 22.8 Å². The molecule has 1 unspecified atom stereocenters. The van der Waals surface area contributed by atoms with Gasteiger partial charge in [0.05, 0.1) is 6.54 Å². The molecule has 1 aliphatic heterocycles. The molecule has 7 nitrogen and oxygen atoms in total. The van der Waals surface area contributed by atoms with Crippen LogP contribution in [0.15, 0.2) is 54.7 Å². The summed E-state index contributed by atoms with van der Waals surface area (Å²) in [5.74, 6) is -1.68. The predicted molar refractivity (Wildman–Crippen MR) is 97.8 cm³/mol. The molecule has 2 amide bonds. The van der Waals surface area contributed by atoms with E-state index in [2.05, 4.69) is 4.98 Å². The van der Waals surface area contributed by atoms with E-state index in [1.165, 1.54) is 16.0 Å². The molecule has 154 valence electrons. The summed E-state index contributed by atoms with van der Waals surface area (Å²) in [6.07, 6.45) is -5.30. The third-order valence-corrected chi connectivity index (χ3v) is 4.34. The second-order valence-electron chi connectivity index (χ2n) is 6.35. The van der Waals surface area contributed by atoms with Gasteiger partial charge in [-0.25, -0.2) is 9.78 Å². The Hall–Kier alpha value is -3.30. The number of ether oxygens (including phenoxy) is 1. The molecule has 2 heterocycles. The first-order valence-electron chi connectivity index (χ1n) is 8.85. The lowest BCUT2D eigenvalue weighted by atomic mass is 10.2. The number of carbonyl (C=O) groups is 2. The predicted octanol–water partition coefficient (Wildman–Crippen LogP) is 2.54. The highest BCUT2D eigenvalue weighted by molar-refractivity contribution is 5.82. The van der Waals surface area contributed by atoms with E-state index < -0.39 is 24.3 Å². The highest BCUT2D eigenvalue weighted by Gasteiger charge is 2.42. The van der Waals surface area contributed by atoms with Crippen LogP contribution in [0.25, 0.3) is 0 Å². The number of rotatable bonds is 4. The molecule has 1 aromatic heterocycles. The van der Waals surface area contributed by atoms with Gasteiger partial charge < -0.3 is 19.9 Å². The zero-order valence-corrected chi connectivity index (χ0v) is 15.3. The van der Waals surface area contributed by atoms with Crippen LogP contribution in [-0.2, 0) is 16.1 Å². The van der Waals surface area contributed by atoms with E-state index in [-0.39, 0.29) is 26.2 Å². The zero-order valence-electron chi connectivity index (χ0n) is 15.3. The number of amides is 2. The molecule has 1 atom stereocenters. The fraction of sp³-hybridized carbons (Fsp3) is 0.316. The smallest absolute Gasteiger partial charge is 0.445 e. The maximum atomic E-state index is 12.7. The zero-order chi connectivity index (χ0) is 20.9. The monoisotopic (exact) mass is 408 g/mol. The third kappa shape index (κ3) is 5.37. The van der Waals surface area contributed by atoms with Crippen molar-refractivity contribution in [2.45, 2.75) is 18.9 Å². The Kier molecular flexibility index (Phi) is 6.20. The van der Waals surface area contributed by atoms with Crippen molar-refractivity contribution >= 4 is 17.8 Å². The third-order valence-electron chi connectivity index (χ3n) is 4.34. The number of halogens is 3. The lowest BCUT2D eigenvalue weighted by Crippen LogP contribution is -2.63. The minimum absolute atomic E-state index is 0.0414. The molecule has 1 aromatic carbocycles. The number of carbonyl (C=O) groups excluding carboxylic acids is 2. The molecule has 1 N–H and O–H groups in total. The largest absolute Gasteiger partial charge is 0.471 e. The van der Waals surface area contributed by atoms with Gasteiger partial charge >= 0.3 is 18.2 Å². The van der Waals surface area contributed by atoms with E-state index in [0.717, 1.165) is 5.56 Å². The summed E-state index contributed by atoms with van der Waals surface area (Å²) in [7, 11) is 0. The number of nitrogens with one attached hydrogen (secondary N) is 1. The highest BCUT2D eigenvalue weighted by atomic mass is 19.4. The average Bonchev–Trinajstić information content (AvgIpc) is 2.72. The van der Waals surface area contributed by atoms with Crippen LogP contribution in [0.5, 0.6) is 0 Å². The fourth-order valence-electron chi connectivity index (χ4n) is 2.91. The number of alkyl halides is 3. The minimum atomic E-state index is -5.04. The number of hydrogen-bond donors (Lipinski definition) is 1. The van der Waals surface area contributed by atoms with Crippen molar-refractivity contribution in [1.82, 2.24) is 15.2 Å². The Morgan fingerprint density at radius 3 is 2.48 bits per heavy atom. The van der Waals surface area contributed by atoms with Gasteiger partial charge in [-0.1, -0.05) is 36.4 Å². The number of aromatic nitrogens is 1. The van der Waals surface area contributed by atoms with Crippen LogP contribution in [0.3, 0.4) is 0 Å². The van der Waals surface area contributed by atoms with Crippen molar-refractivity contribution in [1.29, 1.82) is 0 Å². The average molecular weight is 408 g/mol. The van der Waals surface area contributed by atoms with Crippen LogP contribution in [-0.4, -0.2) is 53.9 Å². The molecule has 0 radical (unpaired) electrons. The molecular formula is C19H19F3N4O3. The van der Waals surface area contributed by atoms with Crippen molar-refractivity contribution in [3.63, 3.8) is 0 Å². The summed E-state index contributed by atoms with van der Waals surface area (Å²) in [5.41, 5.74) is 0.787. The molecule has 1 aliphatic rings. The number of hydrogen-bond acceptors (Lipinski definition) is 5. The van der Waals surface area contributed by atoms with Gasteiger partial charge in [-0.2, -0.15) is 13.2 Å². The fourth-order valence-corrected chi connectivity index (χ4v) is 2.91. The molecule has 0 bridgehead atoms. The molecule has 3 rings (SSSR count). The Bertz CT molecular complexity index is 834. The first kappa shape index (κ1) is 20.4. The van der Waals surface area contributed by atoms with Crippen LogP contribution in [0.4, 0.5) is 23.8 Å². The van der Waals surface area contributed by atoms with Crippen LogP contribution >= 0.6 is 0 Å². The van der Waals surface area contributed by atoms with Gasteiger partial charge in [0.2, 0.25) is 0 Å². The summed E-state index contributed by atoms with van der Waals surface area (Å²) in [4.78, 5) is 30.8. The van der Waals surface area contributed by atoms with E-state index in [1.54, 1.807) is 42.5 Å². The molecule has 0 saturated carbocycles. The molecule has 0 aliphatic carbocycles. The van der Waals surface area contributed by atoms with Crippen molar-refractivity contribution in [2.75, 3.05) is 24.5 Å². The Morgan fingerprint density at radius 2 is 1.83 bits per heavy atom. The van der Waals surface area contributed by atoms with Crippen LogP contribution in [0.2, 0.25) is 0 Å². The molecule has 29 heavy (non-hydrogen) atoms. The van der Waals surface area contributed by atoms with Crippen molar-refractivity contribution in [3.8, 4) is 0 Å². The quantitative estimate of drug-likeness (QED) is 0.842. The highest BCUT2D eigenvalue weighted by Crippen LogP contribution is 2.20. The Labute approximate surface area is 165 Å². The maximum Gasteiger partial charge on any atom is 0.471 e. The van der Waals surface area contributed by atoms with Gasteiger partial charge in [0.25, 0.3) is 0 Å². The lowest BCUT2D eigenvalue weighted by molar-refractivity contribution is -0.174. The molecule has 1 saturated heterocycles. The van der Waals surface area contributed by atoms with E-state index in [1.807, 2.05) is 11.4 Å². The van der Waals surface area contributed by atoms with Gasteiger partial charge in [0.15, 0.2) is 0 Å². The summed E-state index contributed by atoms with van der Waals surface area (Å²) in [6.45, 7) is 0.258. The van der Waals surface area contributed by atoms with Crippen molar-refractivity contribution < 1.29 is 27.5 Å². The van der Waals surface area contributed by atoms with Crippen molar-refractivity contribution in [2.24, 2.45) is 0 Å². The normalized spacial score (nSPS) is 17.0. The first-order chi connectivity index (χ1) is 13.8. The van der Waals surface area contributed by atoms with Crippen LogP contribution in [0, 0.1) is 0 Å². The van der Waals surface area contributed by atoms with E-state index in [0.29, 0.717) is 5.82 Å². The summed E-state index contributed by atoms with van der Waals surface area (Å²) < 4.78 is 43.5. The topological polar surface area (TPSA) is 74.8 Å². The summed E-state index contributed by atoms with van der Waals surface area (Å²) in [5, 5.41) is 1.94. The van der Waals surface area contributed by atoms with Gasteiger partial charge in [0.1, 0.15) is 18.6 Å². The van der Waals surface area contributed by atoms with E-state index >= 15 is 0 Å². The SMILES string of the molecule is O=C(OCc1ccccc1)N1CCN(c2ccccn2)C(NC(=O)C(F)(F)F)C1. The molecule has 0 spiro atoms. The summed E-state index contributed by atoms with van der Waals surface area (Å²) >= 11 is 0. The molecule has 2 aromatic rings. The maximum absolute atomic E-state index is 12.7. The summed E-state index contributed by atoms with van der Waals surface area (Å²) in [6, 6.07) is 14.0. The Morgan fingerprint density at radius 1 is 1.10 bits per heavy atom. The van der Waals surface area contributed by atoms with Gasteiger partial charge in [0, 0.05) is 19.3 Å². The standard InChI is InChI=1S/C19H19F3N4O3/c20-19(21,22)17(27)24-16-12-25(10-11-26(16)15-8-4-5-9-23-15)18(28)29-13-14-6-2-1-3-7-14/h1-9,16H,10-13H2,(H,24,27). The number of piperazine rings is 1. The van der Waals surface area contributed by atoms with Gasteiger partial charge in [-0.15, -0.1) is 0 Å². The molecule has 10 heteroatoms. The Balaban J connectivity index is 1.69. The number of pyridine rings is 1. The van der Waals surface area contributed by atoms with Gasteiger partial charge in [-0.3, -0.25) is 4.79 Å². The van der Waals surface area contributed by atoms with Crippen LogP contribution in [0.1, 0.15) is 5.56 Å². The molecular weight excluding hydrogens is 389 g/mol.